The van der Waals surface area contributed by atoms with Gasteiger partial charge < -0.3 is 14.3 Å². The minimum absolute atomic E-state index is 0.0856. The zero-order valence-corrected chi connectivity index (χ0v) is 15.7. The van der Waals surface area contributed by atoms with Crippen molar-refractivity contribution in [2.45, 2.75) is 32.4 Å². The molecule has 0 bridgehead atoms. The predicted molar refractivity (Wildman–Crippen MR) is 102 cm³/mol. The van der Waals surface area contributed by atoms with Crippen LogP contribution in [-0.2, 0) is 6.42 Å². The normalized spacial score (nSPS) is 16.7. The summed E-state index contributed by atoms with van der Waals surface area (Å²) in [6.45, 7) is 4.55. The molecule has 1 N–H and O–H groups in total. The van der Waals surface area contributed by atoms with Gasteiger partial charge in [0.15, 0.2) is 11.6 Å². The Balaban J connectivity index is 1.62. The number of hydrogen-bond acceptors (Lipinski definition) is 5. The highest BCUT2D eigenvalue weighted by molar-refractivity contribution is 5.93. The number of H-pyrrole nitrogens is 1. The standard InChI is InChI=1S/C20H20N6O2/c1-12(2)26-15(7-9-23-26)20(27)25-10-8-14-17(22-11-21-14)18(25)19-24-13-5-3-4-6-16(13)28-19/h3-7,9,11-12,18H,8,10H2,1-2H3,(H,21,22)/t18-/m0/s1. The SMILES string of the molecule is CC(C)n1nccc1C(=O)N1CCc2[nH]cnc2[C@H]1c1nc2ccccc2o1. The molecule has 0 aliphatic carbocycles. The van der Waals surface area contributed by atoms with Gasteiger partial charge in [-0.3, -0.25) is 9.48 Å². The van der Waals surface area contributed by atoms with Crippen LogP contribution in [0.5, 0.6) is 0 Å². The minimum atomic E-state index is -0.481. The molecule has 28 heavy (non-hydrogen) atoms. The van der Waals surface area contributed by atoms with Crippen LogP contribution < -0.4 is 0 Å². The van der Waals surface area contributed by atoms with Gasteiger partial charge in [0.1, 0.15) is 11.2 Å². The van der Waals surface area contributed by atoms with Crippen LogP contribution in [0.1, 0.15) is 53.7 Å². The van der Waals surface area contributed by atoms with Crippen LogP contribution in [0.25, 0.3) is 11.1 Å². The minimum Gasteiger partial charge on any atom is -0.438 e. The summed E-state index contributed by atoms with van der Waals surface area (Å²) in [4.78, 5) is 27.6. The van der Waals surface area contributed by atoms with E-state index < -0.39 is 6.04 Å². The molecule has 0 radical (unpaired) electrons. The second-order valence-electron chi connectivity index (χ2n) is 7.19. The number of hydrogen-bond donors (Lipinski definition) is 1. The van der Waals surface area contributed by atoms with Gasteiger partial charge in [0.25, 0.3) is 5.91 Å². The Morgan fingerprint density at radius 2 is 2.14 bits per heavy atom. The third kappa shape index (κ3) is 2.52. The van der Waals surface area contributed by atoms with Gasteiger partial charge in [-0.05, 0) is 32.0 Å². The highest BCUT2D eigenvalue weighted by atomic mass is 16.3. The molecular weight excluding hydrogens is 356 g/mol. The fourth-order valence-corrected chi connectivity index (χ4v) is 3.79. The number of amides is 1. The number of fused-ring (bicyclic) bond motifs is 2. The van der Waals surface area contributed by atoms with Crippen molar-refractivity contribution in [3.63, 3.8) is 0 Å². The first kappa shape index (κ1) is 16.7. The molecule has 1 aromatic carbocycles. The van der Waals surface area contributed by atoms with E-state index in [9.17, 15) is 4.79 Å². The molecule has 1 atom stereocenters. The summed E-state index contributed by atoms with van der Waals surface area (Å²) >= 11 is 0. The molecule has 0 saturated heterocycles. The van der Waals surface area contributed by atoms with E-state index >= 15 is 0 Å². The van der Waals surface area contributed by atoms with E-state index in [0.717, 1.165) is 16.9 Å². The number of rotatable bonds is 3. The fourth-order valence-electron chi connectivity index (χ4n) is 3.79. The molecule has 8 heteroatoms. The zero-order chi connectivity index (χ0) is 19.3. The molecule has 0 saturated carbocycles. The van der Waals surface area contributed by atoms with Gasteiger partial charge in [-0.1, -0.05) is 12.1 Å². The van der Waals surface area contributed by atoms with E-state index in [1.54, 1.807) is 28.2 Å². The third-order valence-corrected chi connectivity index (χ3v) is 5.11. The quantitative estimate of drug-likeness (QED) is 0.593. The zero-order valence-electron chi connectivity index (χ0n) is 15.7. The highest BCUT2D eigenvalue weighted by Crippen LogP contribution is 2.35. The van der Waals surface area contributed by atoms with Crippen LogP contribution in [0, 0.1) is 0 Å². The summed E-state index contributed by atoms with van der Waals surface area (Å²) in [7, 11) is 0. The molecule has 142 valence electrons. The van der Waals surface area contributed by atoms with Crippen molar-refractivity contribution >= 4 is 17.0 Å². The summed E-state index contributed by atoms with van der Waals surface area (Å²) in [6.07, 6.45) is 4.02. The number of benzene rings is 1. The van der Waals surface area contributed by atoms with Crippen LogP contribution in [0.2, 0.25) is 0 Å². The van der Waals surface area contributed by atoms with Crippen LogP contribution in [0.15, 0.2) is 47.3 Å². The largest absolute Gasteiger partial charge is 0.438 e. The summed E-state index contributed by atoms with van der Waals surface area (Å²) in [5, 5.41) is 4.31. The maximum absolute atomic E-state index is 13.5. The Labute approximate surface area is 161 Å². The molecule has 1 aliphatic heterocycles. The number of nitrogens with one attached hydrogen (secondary N) is 1. The van der Waals surface area contributed by atoms with Crippen molar-refractivity contribution in [1.82, 2.24) is 29.6 Å². The second-order valence-corrected chi connectivity index (χ2v) is 7.19. The molecule has 3 aromatic heterocycles. The molecule has 0 fully saturated rings. The lowest BCUT2D eigenvalue weighted by Crippen LogP contribution is -2.41. The topological polar surface area (TPSA) is 92.8 Å². The molecule has 4 heterocycles. The summed E-state index contributed by atoms with van der Waals surface area (Å²) in [5.41, 5.74) is 3.80. The molecule has 1 amide bonds. The average Bonchev–Trinajstić information content (AvgIpc) is 3.44. The Hall–Kier alpha value is -3.42. The monoisotopic (exact) mass is 376 g/mol. The summed E-state index contributed by atoms with van der Waals surface area (Å²) in [5.74, 6) is 0.366. The van der Waals surface area contributed by atoms with Crippen molar-refractivity contribution in [2.24, 2.45) is 0 Å². The molecule has 5 rings (SSSR count). The second kappa shape index (κ2) is 6.33. The molecule has 4 aromatic rings. The number of aromatic nitrogens is 5. The maximum Gasteiger partial charge on any atom is 0.273 e. The lowest BCUT2D eigenvalue weighted by atomic mass is 10.0. The third-order valence-electron chi connectivity index (χ3n) is 5.11. The van der Waals surface area contributed by atoms with Gasteiger partial charge in [0, 0.05) is 30.9 Å². The fraction of sp³-hybridized carbons (Fsp3) is 0.300. The first-order valence-electron chi connectivity index (χ1n) is 9.35. The molecule has 0 spiro atoms. The highest BCUT2D eigenvalue weighted by Gasteiger charge is 2.38. The van der Waals surface area contributed by atoms with Crippen LogP contribution in [0.3, 0.4) is 0 Å². The van der Waals surface area contributed by atoms with Crippen LogP contribution >= 0.6 is 0 Å². The first-order valence-corrected chi connectivity index (χ1v) is 9.35. The first-order chi connectivity index (χ1) is 13.6. The number of aromatic amines is 1. The number of imidazole rings is 1. The van der Waals surface area contributed by atoms with Crippen molar-refractivity contribution in [2.75, 3.05) is 6.54 Å². The van der Waals surface area contributed by atoms with E-state index in [-0.39, 0.29) is 11.9 Å². The number of para-hydroxylation sites is 2. The van der Waals surface area contributed by atoms with Crippen LogP contribution in [-0.4, -0.2) is 42.1 Å². The van der Waals surface area contributed by atoms with Crippen LogP contribution in [0.4, 0.5) is 0 Å². The van der Waals surface area contributed by atoms with E-state index in [4.69, 9.17) is 4.42 Å². The Morgan fingerprint density at radius 3 is 2.96 bits per heavy atom. The molecule has 0 unspecified atom stereocenters. The van der Waals surface area contributed by atoms with E-state index in [0.29, 0.717) is 30.1 Å². The van der Waals surface area contributed by atoms with Gasteiger partial charge in [-0.25, -0.2) is 9.97 Å². The number of nitrogens with zero attached hydrogens (tertiary/aromatic N) is 5. The molecule has 8 nitrogen and oxygen atoms in total. The molecule has 1 aliphatic rings. The van der Waals surface area contributed by atoms with Gasteiger partial charge in [-0.15, -0.1) is 0 Å². The van der Waals surface area contributed by atoms with E-state index in [1.807, 2.05) is 38.1 Å². The van der Waals surface area contributed by atoms with Gasteiger partial charge in [0.05, 0.1) is 12.0 Å². The number of carbonyl (C=O) groups is 1. The van der Waals surface area contributed by atoms with Crippen molar-refractivity contribution in [3.8, 4) is 0 Å². The Kier molecular flexibility index (Phi) is 3.78. The number of oxazole rings is 1. The van der Waals surface area contributed by atoms with Crippen molar-refractivity contribution in [1.29, 1.82) is 0 Å². The summed E-state index contributed by atoms with van der Waals surface area (Å²) < 4.78 is 7.77. The lowest BCUT2D eigenvalue weighted by molar-refractivity contribution is 0.0652. The number of carbonyl (C=O) groups excluding carboxylic acids is 1. The van der Waals surface area contributed by atoms with Gasteiger partial charge >= 0.3 is 0 Å². The van der Waals surface area contributed by atoms with E-state index in [2.05, 4.69) is 20.1 Å². The van der Waals surface area contributed by atoms with E-state index in [1.165, 1.54) is 0 Å². The van der Waals surface area contributed by atoms with Crippen molar-refractivity contribution < 1.29 is 9.21 Å². The smallest absolute Gasteiger partial charge is 0.273 e. The summed E-state index contributed by atoms with van der Waals surface area (Å²) in [6, 6.07) is 8.96. The average molecular weight is 376 g/mol. The molecular formula is C20H20N6O2. The maximum atomic E-state index is 13.5. The lowest BCUT2D eigenvalue weighted by Gasteiger charge is -2.33. The van der Waals surface area contributed by atoms with Gasteiger partial charge in [-0.2, -0.15) is 5.10 Å². The van der Waals surface area contributed by atoms with Gasteiger partial charge in [0.2, 0.25) is 5.89 Å². The predicted octanol–water partition coefficient (Wildman–Crippen LogP) is 3.12. The van der Waals surface area contributed by atoms with Crippen molar-refractivity contribution in [3.05, 3.63) is 65.8 Å². The Morgan fingerprint density at radius 1 is 1.29 bits per heavy atom. The Bertz CT molecular complexity index is 1120.